The van der Waals surface area contributed by atoms with Crippen molar-refractivity contribution in [2.24, 2.45) is 0 Å². The zero-order valence-corrected chi connectivity index (χ0v) is 9.36. The number of hydroxylamine groups is 2. The lowest BCUT2D eigenvalue weighted by atomic mass is 9.94. The highest BCUT2D eigenvalue weighted by Gasteiger charge is 2.37. The zero-order valence-electron chi connectivity index (χ0n) is 9.36. The lowest BCUT2D eigenvalue weighted by Crippen LogP contribution is -2.37. The normalized spacial score (nSPS) is 14.1. The van der Waals surface area contributed by atoms with Gasteiger partial charge in [-0.25, -0.2) is 0 Å². The maximum atomic E-state index is 11.9. The minimum Gasteiger partial charge on any atom is -0.278 e. The highest BCUT2D eigenvalue weighted by Crippen LogP contribution is 2.34. The van der Waals surface area contributed by atoms with Crippen molar-refractivity contribution in [3.63, 3.8) is 0 Å². The minimum absolute atomic E-state index is 0.0679. The van der Waals surface area contributed by atoms with Crippen LogP contribution in [0.1, 0.15) is 20.7 Å². The molecule has 2 aromatic carbocycles. The van der Waals surface area contributed by atoms with Crippen LogP contribution in [-0.2, 0) is 0 Å². The van der Waals surface area contributed by atoms with E-state index >= 15 is 0 Å². The van der Waals surface area contributed by atoms with Gasteiger partial charge in [0.25, 0.3) is 17.5 Å². The number of nitro benzene ring substituents is 1. The fourth-order valence-corrected chi connectivity index (χ4v) is 2.23. The Morgan fingerprint density at radius 3 is 2.53 bits per heavy atom. The fourth-order valence-electron chi connectivity index (χ4n) is 2.23. The van der Waals surface area contributed by atoms with Crippen LogP contribution in [0, 0.1) is 10.1 Å². The van der Waals surface area contributed by atoms with Gasteiger partial charge in [0, 0.05) is 11.5 Å². The van der Waals surface area contributed by atoms with Gasteiger partial charge in [0.05, 0.1) is 10.5 Å². The number of carbonyl (C=O) groups is 2. The number of imide groups is 1. The summed E-state index contributed by atoms with van der Waals surface area (Å²) in [5, 5.41) is 21.1. The van der Waals surface area contributed by atoms with Crippen LogP contribution in [0.5, 0.6) is 0 Å². The van der Waals surface area contributed by atoms with Crippen LogP contribution in [0.3, 0.4) is 0 Å². The van der Waals surface area contributed by atoms with Gasteiger partial charge in [0.2, 0.25) is 0 Å². The molecule has 0 bridgehead atoms. The van der Waals surface area contributed by atoms with Crippen LogP contribution in [0.4, 0.5) is 5.69 Å². The first-order valence-corrected chi connectivity index (χ1v) is 5.30. The lowest BCUT2D eigenvalue weighted by molar-refractivity contribution is -0.385. The number of carbonyl (C=O) groups excluding carboxylic acids is 2. The lowest BCUT2D eigenvalue weighted by Gasteiger charge is -2.21. The standard InChI is InChI=1S/C12H6N2O5/c15-11-7-3-1-2-6-4-5-8(14(18)19)10(9(6)7)12(16)13(11)17/h1-5,17H. The molecule has 7 nitrogen and oxygen atoms in total. The molecule has 1 N–H and O–H groups in total. The van der Waals surface area contributed by atoms with Crippen LogP contribution >= 0.6 is 0 Å². The Morgan fingerprint density at radius 2 is 1.84 bits per heavy atom. The third kappa shape index (κ3) is 1.36. The van der Waals surface area contributed by atoms with E-state index in [1.165, 1.54) is 18.2 Å². The number of nitro groups is 1. The molecule has 0 saturated carbocycles. The largest absolute Gasteiger partial charge is 0.292 e. The molecule has 2 aromatic rings. The van der Waals surface area contributed by atoms with Crippen molar-refractivity contribution in [1.29, 1.82) is 0 Å². The van der Waals surface area contributed by atoms with E-state index in [0.29, 0.717) is 5.39 Å². The van der Waals surface area contributed by atoms with Crippen molar-refractivity contribution in [2.75, 3.05) is 0 Å². The van der Waals surface area contributed by atoms with E-state index in [0.717, 1.165) is 0 Å². The van der Waals surface area contributed by atoms with Crippen molar-refractivity contribution >= 4 is 28.3 Å². The average molecular weight is 258 g/mol. The Balaban J connectivity index is 2.54. The number of rotatable bonds is 1. The summed E-state index contributed by atoms with van der Waals surface area (Å²) < 4.78 is 0. The van der Waals surface area contributed by atoms with Crippen LogP contribution in [0.2, 0.25) is 0 Å². The summed E-state index contributed by atoms with van der Waals surface area (Å²) in [4.78, 5) is 33.9. The van der Waals surface area contributed by atoms with E-state index in [1.807, 2.05) is 0 Å². The van der Waals surface area contributed by atoms with Crippen molar-refractivity contribution in [3.8, 4) is 0 Å². The van der Waals surface area contributed by atoms with Gasteiger partial charge in [-0.15, -0.1) is 5.06 Å². The van der Waals surface area contributed by atoms with Gasteiger partial charge in [-0.1, -0.05) is 12.1 Å². The van der Waals surface area contributed by atoms with Crippen molar-refractivity contribution in [3.05, 3.63) is 51.6 Å². The molecule has 1 aliphatic rings. The molecule has 0 saturated heterocycles. The molecule has 0 aromatic heterocycles. The predicted molar refractivity (Wildman–Crippen MR) is 62.9 cm³/mol. The van der Waals surface area contributed by atoms with E-state index < -0.39 is 22.4 Å². The smallest absolute Gasteiger partial charge is 0.278 e. The molecule has 19 heavy (non-hydrogen) atoms. The molecule has 3 rings (SSSR count). The molecule has 7 heteroatoms. The second-order valence-electron chi connectivity index (χ2n) is 4.04. The monoisotopic (exact) mass is 258 g/mol. The highest BCUT2D eigenvalue weighted by atomic mass is 16.6. The van der Waals surface area contributed by atoms with Crippen molar-refractivity contribution < 1.29 is 19.7 Å². The molecule has 0 radical (unpaired) electrons. The van der Waals surface area contributed by atoms with Gasteiger partial charge in [0.15, 0.2) is 0 Å². The molecular formula is C12H6N2O5. The quantitative estimate of drug-likeness (QED) is 0.363. The van der Waals surface area contributed by atoms with Crippen molar-refractivity contribution in [2.45, 2.75) is 0 Å². The molecular weight excluding hydrogens is 252 g/mol. The number of nitrogens with zero attached hydrogens (tertiary/aromatic N) is 2. The van der Waals surface area contributed by atoms with E-state index in [1.54, 1.807) is 12.1 Å². The third-order valence-electron chi connectivity index (χ3n) is 3.05. The summed E-state index contributed by atoms with van der Waals surface area (Å²) in [6.45, 7) is 0. The molecule has 2 amide bonds. The maximum absolute atomic E-state index is 11.9. The Hall–Kier alpha value is -2.80. The van der Waals surface area contributed by atoms with Gasteiger partial charge in [-0.3, -0.25) is 24.9 Å². The van der Waals surface area contributed by atoms with Gasteiger partial charge >= 0.3 is 0 Å². The van der Waals surface area contributed by atoms with E-state index in [4.69, 9.17) is 0 Å². The van der Waals surface area contributed by atoms with E-state index in [2.05, 4.69) is 0 Å². The molecule has 0 aliphatic carbocycles. The van der Waals surface area contributed by atoms with Crippen molar-refractivity contribution in [1.82, 2.24) is 5.06 Å². The highest BCUT2D eigenvalue weighted by molar-refractivity contribution is 6.26. The first-order valence-electron chi connectivity index (χ1n) is 5.30. The fraction of sp³-hybridized carbons (Fsp3) is 0. The van der Waals surface area contributed by atoms with Crippen LogP contribution in [0.25, 0.3) is 10.8 Å². The Labute approximate surface area is 105 Å². The summed E-state index contributed by atoms with van der Waals surface area (Å²) >= 11 is 0. The summed E-state index contributed by atoms with van der Waals surface area (Å²) in [5.74, 6) is -1.97. The number of hydrogen-bond donors (Lipinski definition) is 1. The Morgan fingerprint density at radius 1 is 1.11 bits per heavy atom. The van der Waals surface area contributed by atoms with Gasteiger partial charge in [-0.05, 0) is 17.5 Å². The number of benzene rings is 2. The average Bonchev–Trinajstić information content (AvgIpc) is 2.41. The van der Waals surface area contributed by atoms with Gasteiger partial charge in [-0.2, -0.15) is 0 Å². The van der Waals surface area contributed by atoms with Crippen LogP contribution < -0.4 is 0 Å². The summed E-state index contributed by atoms with van der Waals surface area (Å²) in [6, 6.07) is 7.28. The number of amides is 2. The summed E-state index contributed by atoms with van der Waals surface area (Å²) in [7, 11) is 0. The summed E-state index contributed by atoms with van der Waals surface area (Å²) in [5.41, 5.74) is -0.630. The van der Waals surface area contributed by atoms with Crippen LogP contribution in [0.15, 0.2) is 30.3 Å². The molecule has 1 aliphatic heterocycles. The molecule has 0 atom stereocenters. The number of hydrogen-bond acceptors (Lipinski definition) is 5. The Kier molecular flexibility index (Phi) is 2.14. The van der Waals surface area contributed by atoms with E-state index in [-0.39, 0.29) is 21.6 Å². The molecule has 1 heterocycles. The Bertz CT molecular complexity index is 768. The molecule has 94 valence electrons. The first kappa shape index (κ1) is 11.3. The zero-order chi connectivity index (χ0) is 13.7. The molecule has 0 spiro atoms. The second-order valence-corrected chi connectivity index (χ2v) is 4.04. The SMILES string of the molecule is O=C1c2cccc3ccc([N+](=O)[O-])c(c23)C(=O)N1O. The maximum Gasteiger partial charge on any atom is 0.292 e. The van der Waals surface area contributed by atoms with Gasteiger partial charge in [0.1, 0.15) is 5.56 Å². The third-order valence-corrected chi connectivity index (χ3v) is 3.05. The second kappa shape index (κ2) is 3.59. The summed E-state index contributed by atoms with van der Waals surface area (Å²) in [6.07, 6.45) is 0. The minimum atomic E-state index is -1.08. The van der Waals surface area contributed by atoms with Gasteiger partial charge < -0.3 is 0 Å². The predicted octanol–water partition coefficient (Wildman–Crippen LogP) is 1.73. The van der Waals surface area contributed by atoms with Crippen LogP contribution in [-0.4, -0.2) is 27.0 Å². The first-order chi connectivity index (χ1) is 9.02. The molecule has 0 unspecified atom stereocenters. The van der Waals surface area contributed by atoms with E-state index in [9.17, 15) is 24.9 Å². The molecule has 0 fully saturated rings. The topological polar surface area (TPSA) is 101 Å².